The Bertz CT molecular complexity index is 531. The van der Waals surface area contributed by atoms with Gasteiger partial charge in [-0.25, -0.2) is 4.98 Å². The monoisotopic (exact) mass is 307 g/mol. The van der Waals surface area contributed by atoms with Crippen LogP contribution in [0.5, 0.6) is 0 Å². The molecule has 0 bridgehead atoms. The molecule has 1 aromatic heterocycles. The molecule has 0 aliphatic heterocycles. The van der Waals surface area contributed by atoms with Crippen molar-refractivity contribution in [3.63, 3.8) is 0 Å². The number of hydrogen-bond acceptors (Lipinski definition) is 2. The molecule has 0 atom stereocenters. The minimum absolute atomic E-state index is 1.00. The van der Waals surface area contributed by atoms with Gasteiger partial charge in [-0.1, -0.05) is 34.1 Å². The van der Waals surface area contributed by atoms with E-state index < -0.39 is 0 Å². The molecule has 0 aliphatic carbocycles. The second-order valence-corrected chi connectivity index (χ2v) is 6.05. The quantitative estimate of drug-likeness (QED) is 0.724. The van der Waals surface area contributed by atoms with Crippen molar-refractivity contribution in [2.45, 2.75) is 19.8 Å². The zero-order valence-electron chi connectivity index (χ0n) is 9.74. The van der Waals surface area contributed by atoms with Gasteiger partial charge in [0.05, 0.1) is 10.7 Å². The predicted octanol–water partition coefficient (Wildman–Crippen LogP) is 5.00. The molecule has 0 unspecified atom stereocenters. The lowest BCUT2D eigenvalue weighted by Crippen LogP contribution is -1.85. The Balaban J connectivity index is 2.40. The van der Waals surface area contributed by atoms with E-state index in [9.17, 15) is 0 Å². The van der Waals surface area contributed by atoms with Crippen molar-refractivity contribution >= 4 is 27.3 Å². The molecular weight excluding hydrogens is 294 g/mol. The normalized spacial score (nSPS) is 10.5. The van der Waals surface area contributed by atoms with E-state index in [1.165, 1.54) is 10.4 Å². The van der Waals surface area contributed by atoms with E-state index >= 15 is 0 Å². The standard InChI is InChI=1S/C14H14BrNS/c1-3-4-8-13-14(16-10(2)17-13)11-6-5-7-12(15)9-11/h3,5-7,9H,1,4,8H2,2H3. The number of rotatable bonds is 4. The van der Waals surface area contributed by atoms with E-state index in [-0.39, 0.29) is 0 Å². The minimum atomic E-state index is 1.00. The summed E-state index contributed by atoms with van der Waals surface area (Å²) in [5.41, 5.74) is 2.30. The van der Waals surface area contributed by atoms with Crippen molar-refractivity contribution in [2.75, 3.05) is 0 Å². The van der Waals surface area contributed by atoms with Crippen molar-refractivity contribution < 1.29 is 0 Å². The summed E-state index contributed by atoms with van der Waals surface area (Å²) in [6.07, 6.45) is 3.99. The first-order valence-electron chi connectivity index (χ1n) is 5.54. The fourth-order valence-electron chi connectivity index (χ4n) is 1.73. The van der Waals surface area contributed by atoms with Crippen LogP contribution in [-0.2, 0) is 6.42 Å². The third-order valence-electron chi connectivity index (χ3n) is 2.48. The number of halogens is 1. The smallest absolute Gasteiger partial charge is 0.0904 e. The summed E-state index contributed by atoms with van der Waals surface area (Å²) in [4.78, 5) is 5.99. The van der Waals surface area contributed by atoms with Gasteiger partial charge < -0.3 is 0 Å². The Hall–Kier alpha value is -0.930. The molecule has 1 aromatic carbocycles. The lowest BCUT2D eigenvalue weighted by molar-refractivity contribution is 1.03. The van der Waals surface area contributed by atoms with Gasteiger partial charge in [-0.05, 0) is 31.9 Å². The van der Waals surface area contributed by atoms with Gasteiger partial charge in [0.25, 0.3) is 0 Å². The predicted molar refractivity (Wildman–Crippen MR) is 78.5 cm³/mol. The topological polar surface area (TPSA) is 12.9 Å². The molecule has 0 saturated heterocycles. The maximum atomic E-state index is 4.64. The average Bonchev–Trinajstić information content (AvgIpc) is 2.68. The van der Waals surface area contributed by atoms with E-state index in [2.05, 4.69) is 46.5 Å². The molecule has 0 fully saturated rings. The zero-order chi connectivity index (χ0) is 12.3. The summed E-state index contributed by atoms with van der Waals surface area (Å²) >= 11 is 5.28. The van der Waals surface area contributed by atoms with Gasteiger partial charge in [0.1, 0.15) is 0 Å². The lowest BCUT2D eigenvalue weighted by Gasteiger charge is -2.01. The Morgan fingerprint density at radius 1 is 1.47 bits per heavy atom. The fourth-order valence-corrected chi connectivity index (χ4v) is 3.11. The molecule has 2 rings (SSSR count). The first kappa shape index (κ1) is 12.5. The van der Waals surface area contributed by atoms with Gasteiger partial charge in [-0.2, -0.15) is 0 Å². The molecular formula is C14H14BrNS. The molecule has 0 saturated carbocycles. The van der Waals surface area contributed by atoms with Crippen molar-refractivity contribution in [3.05, 3.63) is 51.3 Å². The first-order valence-corrected chi connectivity index (χ1v) is 7.15. The molecule has 0 aliphatic rings. The van der Waals surface area contributed by atoms with Gasteiger partial charge in [-0.3, -0.25) is 0 Å². The van der Waals surface area contributed by atoms with E-state index in [1.807, 2.05) is 18.2 Å². The van der Waals surface area contributed by atoms with Crippen LogP contribution in [0.3, 0.4) is 0 Å². The molecule has 0 N–H and O–H groups in total. The van der Waals surface area contributed by atoms with Crippen LogP contribution in [-0.4, -0.2) is 4.98 Å². The highest BCUT2D eigenvalue weighted by Crippen LogP contribution is 2.30. The summed E-state index contributed by atoms with van der Waals surface area (Å²) in [6.45, 7) is 5.83. The average molecular weight is 308 g/mol. The number of thiazole rings is 1. The van der Waals surface area contributed by atoms with Crippen LogP contribution in [0.2, 0.25) is 0 Å². The highest BCUT2D eigenvalue weighted by atomic mass is 79.9. The Labute approximate surface area is 114 Å². The number of aryl methyl sites for hydroxylation is 2. The second-order valence-electron chi connectivity index (χ2n) is 3.84. The number of benzene rings is 1. The number of hydrogen-bond donors (Lipinski definition) is 0. The van der Waals surface area contributed by atoms with Crippen LogP contribution in [0.25, 0.3) is 11.3 Å². The second kappa shape index (κ2) is 5.61. The van der Waals surface area contributed by atoms with E-state index in [1.54, 1.807) is 11.3 Å². The molecule has 1 heterocycles. The Kier molecular flexibility index (Phi) is 4.13. The molecule has 2 aromatic rings. The molecule has 0 radical (unpaired) electrons. The van der Waals surface area contributed by atoms with Gasteiger partial charge >= 0.3 is 0 Å². The van der Waals surface area contributed by atoms with Crippen LogP contribution in [0.1, 0.15) is 16.3 Å². The highest BCUT2D eigenvalue weighted by molar-refractivity contribution is 9.10. The Morgan fingerprint density at radius 2 is 2.29 bits per heavy atom. The molecule has 17 heavy (non-hydrogen) atoms. The summed E-state index contributed by atoms with van der Waals surface area (Å²) in [7, 11) is 0. The van der Waals surface area contributed by atoms with Crippen molar-refractivity contribution in [1.29, 1.82) is 0 Å². The summed E-state index contributed by atoms with van der Waals surface area (Å²) in [6, 6.07) is 8.31. The summed E-state index contributed by atoms with van der Waals surface area (Å²) in [5.74, 6) is 0. The maximum absolute atomic E-state index is 4.64. The van der Waals surface area contributed by atoms with Crippen LogP contribution in [0.15, 0.2) is 41.4 Å². The molecule has 3 heteroatoms. The first-order chi connectivity index (χ1) is 8.20. The van der Waals surface area contributed by atoms with Crippen LogP contribution >= 0.6 is 27.3 Å². The number of nitrogens with zero attached hydrogens (tertiary/aromatic N) is 1. The van der Waals surface area contributed by atoms with E-state index in [0.29, 0.717) is 0 Å². The highest BCUT2D eigenvalue weighted by Gasteiger charge is 2.10. The fraction of sp³-hybridized carbons (Fsp3) is 0.214. The van der Waals surface area contributed by atoms with Crippen LogP contribution in [0, 0.1) is 6.92 Å². The van der Waals surface area contributed by atoms with Crippen molar-refractivity contribution in [1.82, 2.24) is 4.98 Å². The third kappa shape index (κ3) is 3.05. The summed E-state index contributed by atoms with van der Waals surface area (Å²) in [5, 5.41) is 1.12. The maximum Gasteiger partial charge on any atom is 0.0904 e. The third-order valence-corrected chi connectivity index (χ3v) is 4.00. The van der Waals surface area contributed by atoms with Crippen molar-refractivity contribution in [3.8, 4) is 11.3 Å². The largest absolute Gasteiger partial charge is 0.241 e. The minimum Gasteiger partial charge on any atom is -0.241 e. The molecule has 0 spiro atoms. The Morgan fingerprint density at radius 3 is 3.00 bits per heavy atom. The van der Waals surface area contributed by atoms with Gasteiger partial charge in [0.15, 0.2) is 0 Å². The lowest BCUT2D eigenvalue weighted by atomic mass is 10.1. The number of allylic oxidation sites excluding steroid dienone is 1. The molecule has 88 valence electrons. The van der Waals surface area contributed by atoms with Crippen LogP contribution in [0.4, 0.5) is 0 Å². The zero-order valence-corrected chi connectivity index (χ0v) is 12.1. The van der Waals surface area contributed by atoms with Gasteiger partial charge in [0, 0.05) is 14.9 Å². The van der Waals surface area contributed by atoms with E-state index in [4.69, 9.17) is 0 Å². The summed E-state index contributed by atoms with van der Waals surface area (Å²) < 4.78 is 1.09. The van der Waals surface area contributed by atoms with Gasteiger partial charge in [-0.15, -0.1) is 17.9 Å². The molecule has 1 nitrogen and oxygen atoms in total. The van der Waals surface area contributed by atoms with E-state index in [0.717, 1.165) is 28.0 Å². The number of aromatic nitrogens is 1. The van der Waals surface area contributed by atoms with Crippen LogP contribution < -0.4 is 0 Å². The SMILES string of the molecule is C=CCCc1sc(C)nc1-c1cccc(Br)c1. The van der Waals surface area contributed by atoms with Crippen molar-refractivity contribution in [2.24, 2.45) is 0 Å². The van der Waals surface area contributed by atoms with Gasteiger partial charge in [0.2, 0.25) is 0 Å². The molecule has 0 amide bonds.